The Balaban J connectivity index is 2.48. The fourth-order valence-corrected chi connectivity index (χ4v) is 1.30. The van der Waals surface area contributed by atoms with Crippen molar-refractivity contribution >= 4 is 11.9 Å². The van der Waals surface area contributed by atoms with Gasteiger partial charge in [0.15, 0.2) is 0 Å². The van der Waals surface area contributed by atoms with Gasteiger partial charge in [0.1, 0.15) is 11.5 Å². The van der Waals surface area contributed by atoms with Crippen LogP contribution < -0.4 is 0 Å². The molecule has 88 valence electrons. The minimum absolute atomic E-state index is 0.0808. The van der Waals surface area contributed by atoms with Crippen LogP contribution in [-0.4, -0.2) is 17.0 Å². The topological polar surface area (TPSA) is 76.7 Å². The van der Waals surface area contributed by atoms with Crippen molar-refractivity contribution in [3.05, 3.63) is 23.2 Å². The van der Waals surface area contributed by atoms with Crippen LogP contribution in [0.25, 0.3) is 0 Å². The van der Waals surface area contributed by atoms with E-state index in [-0.39, 0.29) is 13.0 Å². The molecule has 1 aromatic heterocycles. The summed E-state index contributed by atoms with van der Waals surface area (Å²) in [6.45, 7) is 2.83. The van der Waals surface area contributed by atoms with Gasteiger partial charge in [-0.05, 0) is 13.0 Å². The summed E-state index contributed by atoms with van der Waals surface area (Å²) in [5.74, 6) is 0.0447. The highest BCUT2D eigenvalue weighted by atomic mass is 16.6. The highest BCUT2D eigenvalue weighted by Crippen LogP contribution is 2.16. The van der Waals surface area contributed by atoms with Gasteiger partial charge in [-0.25, -0.2) is 0 Å². The number of carbonyl (C=O) groups is 2. The number of rotatable bonds is 4. The van der Waals surface area contributed by atoms with Crippen molar-refractivity contribution in [2.24, 2.45) is 0 Å². The van der Waals surface area contributed by atoms with Crippen LogP contribution in [0.15, 0.2) is 10.5 Å². The second-order valence-corrected chi connectivity index (χ2v) is 3.42. The minimum atomic E-state index is -0.614. The predicted molar refractivity (Wildman–Crippen MR) is 54.5 cm³/mol. The molecule has 1 rings (SSSR count). The normalized spacial score (nSPS) is 10.2. The van der Waals surface area contributed by atoms with E-state index in [1.165, 1.54) is 6.92 Å². The van der Waals surface area contributed by atoms with Gasteiger partial charge in [-0.1, -0.05) is 0 Å². The van der Waals surface area contributed by atoms with Gasteiger partial charge in [-0.3, -0.25) is 9.59 Å². The predicted octanol–water partition coefficient (Wildman–Crippen LogP) is 1.10. The molecule has 1 aromatic rings. The molecule has 0 saturated heterocycles. The Morgan fingerprint density at radius 2 is 2.19 bits per heavy atom. The van der Waals surface area contributed by atoms with Gasteiger partial charge in [-0.15, -0.1) is 0 Å². The smallest absolute Gasteiger partial charge is 0.313 e. The number of ether oxygens (including phenoxy) is 1. The monoisotopic (exact) mass is 226 g/mol. The summed E-state index contributed by atoms with van der Waals surface area (Å²) in [6, 6.07) is 1.69. The lowest BCUT2D eigenvalue weighted by Crippen LogP contribution is -2.09. The number of hydrogen-bond donors (Lipinski definition) is 1. The first-order chi connectivity index (χ1) is 7.52. The molecule has 0 spiro atoms. The maximum Gasteiger partial charge on any atom is 0.313 e. The zero-order chi connectivity index (χ0) is 12.1. The number of aliphatic hydroxyl groups is 1. The van der Waals surface area contributed by atoms with Crippen molar-refractivity contribution < 1.29 is 23.8 Å². The Labute approximate surface area is 93.0 Å². The van der Waals surface area contributed by atoms with Crippen LogP contribution >= 0.6 is 0 Å². The molecule has 16 heavy (non-hydrogen) atoms. The van der Waals surface area contributed by atoms with Crippen LogP contribution in [-0.2, 0) is 27.4 Å². The SMILES string of the molecule is CC(=O)OC(=O)CCc1cc(CO)c(C)o1. The first-order valence-corrected chi connectivity index (χ1v) is 4.93. The highest BCUT2D eigenvalue weighted by Gasteiger charge is 2.10. The van der Waals surface area contributed by atoms with Crippen molar-refractivity contribution in [1.29, 1.82) is 0 Å². The van der Waals surface area contributed by atoms with Crippen molar-refractivity contribution in [2.75, 3.05) is 0 Å². The molecule has 0 unspecified atom stereocenters. The summed E-state index contributed by atoms with van der Waals surface area (Å²) < 4.78 is 9.67. The highest BCUT2D eigenvalue weighted by molar-refractivity contribution is 5.84. The standard InChI is InChI=1S/C11H14O5/c1-7-9(6-12)5-10(15-7)3-4-11(14)16-8(2)13/h5,12H,3-4,6H2,1-2H3. The third-order valence-electron chi connectivity index (χ3n) is 2.08. The summed E-state index contributed by atoms with van der Waals surface area (Å²) in [5, 5.41) is 8.93. The second-order valence-electron chi connectivity index (χ2n) is 3.42. The summed E-state index contributed by atoms with van der Waals surface area (Å²) in [6.07, 6.45) is 0.435. The van der Waals surface area contributed by atoms with E-state index in [0.717, 1.165) is 0 Å². The summed E-state index contributed by atoms with van der Waals surface area (Å²) in [4.78, 5) is 21.5. The lowest BCUT2D eigenvalue weighted by molar-refractivity contribution is -0.158. The first kappa shape index (κ1) is 12.4. The Morgan fingerprint density at radius 3 is 2.69 bits per heavy atom. The molecule has 0 amide bonds. The fourth-order valence-electron chi connectivity index (χ4n) is 1.30. The average molecular weight is 226 g/mol. The molecule has 0 atom stereocenters. The summed E-state index contributed by atoms with van der Waals surface area (Å²) in [5.41, 5.74) is 0.704. The van der Waals surface area contributed by atoms with Crippen LogP contribution in [0, 0.1) is 6.92 Å². The molecule has 0 aliphatic heterocycles. The van der Waals surface area contributed by atoms with Gasteiger partial charge in [0.2, 0.25) is 0 Å². The largest absolute Gasteiger partial charge is 0.466 e. The molecule has 0 aliphatic rings. The van der Waals surface area contributed by atoms with Gasteiger partial charge in [0.05, 0.1) is 13.0 Å². The average Bonchev–Trinajstić information content (AvgIpc) is 2.55. The minimum Gasteiger partial charge on any atom is -0.466 e. The number of aryl methyl sites for hydroxylation is 2. The molecular formula is C11H14O5. The van der Waals surface area contributed by atoms with Crippen LogP contribution in [0.3, 0.4) is 0 Å². The summed E-state index contributed by atoms with van der Waals surface area (Å²) in [7, 11) is 0. The molecule has 1 heterocycles. The number of hydrogen-bond acceptors (Lipinski definition) is 5. The maximum atomic E-state index is 11.1. The van der Waals surface area contributed by atoms with Gasteiger partial charge in [0, 0.05) is 18.9 Å². The second kappa shape index (κ2) is 5.46. The Kier molecular flexibility index (Phi) is 4.25. The van der Waals surface area contributed by atoms with E-state index < -0.39 is 11.9 Å². The quantitative estimate of drug-likeness (QED) is 0.614. The number of carbonyl (C=O) groups excluding carboxylic acids is 2. The van der Waals surface area contributed by atoms with Gasteiger partial charge < -0.3 is 14.3 Å². The molecule has 0 aliphatic carbocycles. The van der Waals surface area contributed by atoms with E-state index in [9.17, 15) is 9.59 Å². The van der Waals surface area contributed by atoms with E-state index in [0.29, 0.717) is 23.5 Å². The summed E-state index contributed by atoms with van der Waals surface area (Å²) >= 11 is 0. The van der Waals surface area contributed by atoms with E-state index >= 15 is 0 Å². The van der Waals surface area contributed by atoms with E-state index in [2.05, 4.69) is 4.74 Å². The Morgan fingerprint density at radius 1 is 1.50 bits per heavy atom. The van der Waals surface area contributed by atoms with Crippen molar-refractivity contribution in [3.63, 3.8) is 0 Å². The van der Waals surface area contributed by atoms with Crippen LogP contribution in [0.1, 0.15) is 30.4 Å². The molecule has 5 nitrogen and oxygen atoms in total. The van der Waals surface area contributed by atoms with Crippen molar-refractivity contribution in [1.82, 2.24) is 0 Å². The molecule has 0 bridgehead atoms. The van der Waals surface area contributed by atoms with Crippen molar-refractivity contribution in [3.8, 4) is 0 Å². The van der Waals surface area contributed by atoms with E-state index in [1.807, 2.05) is 0 Å². The third-order valence-corrected chi connectivity index (χ3v) is 2.08. The van der Waals surface area contributed by atoms with Gasteiger partial charge in [-0.2, -0.15) is 0 Å². The molecular weight excluding hydrogens is 212 g/mol. The molecule has 0 radical (unpaired) electrons. The van der Waals surface area contributed by atoms with Crippen LogP contribution in [0.5, 0.6) is 0 Å². The maximum absolute atomic E-state index is 11.1. The molecule has 0 fully saturated rings. The Bertz CT molecular complexity index is 391. The lowest BCUT2D eigenvalue weighted by Gasteiger charge is -1.97. The van der Waals surface area contributed by atoms with Gasteiger partial charge >= 0.3 is 11.9 Å². The zero-order valence-corrected chi connectivity index (χ0v) is 9.28. The van der Waals surface area contributed by atoms with Crippen LogP contribution in [0.2, 0.25) is 0 Å². The van der Waals surface area contributed by atoms with E-state index in [4.69, 9.17) is 9.52 Å². The molecule has 0 saturated carbocycles. The fraction of sp³-hybridized carbons (Fsp3) is 0.455. The van der Waals surface area contributed by atoms with Gasteiger partial charge in [0.25, 0.3) is 0 Å². The van der Waals surface area contributed by atoms with Crippen molar-refractivity contribution in [2.45, 2.75) is 33.3 Å². The van der Waals surface area contributed by atoms with E-state index in [1.54, 1.807) is 13.0 Å². The molecule has 0 aromatic carbocycles. The number of esters is 2. The lowest BCUT2D eigenvalue weighted by atomic mass is 10.2. The first-order valence-electron chi connectivity index (χ1n) is 4.93. The number of aliphatic hydroxyl groups excluding tert-OH is 1. The Hall–Kier alpha value is -1.62. The third kappa shape index (κ3) is 3.51. The zero-order valence-electron chi connectivity index (χ0n) is 9.28. The molecule has 1 N–H and O–H groups in total. The number of furan rings is 1. The van der Waals surface area contributed by atoms with Crippen LogP contribution in [0.4, 0.5) is 0 Å². The molecule has 5 heteroatoms.